The third-order valence-corrected chi connectivity index (χ3v) is 4.33. The Kier molecular flexibility index (Phi) is 4.49. The summed E-state index contributed by atoms with van der Waals surface area (Å²) in [6, 6.07) is 4.04. The minimum atomic E-state index is -4.46. The number of alkyl halides is 3. The van der Waals surface area contributed by atoms with E-state index in [0.717, 1.165) is 31.5 Å². The summed E-state index contributed by atoms with van der Waals surface area (Å²) >= 11 is 0. The molecule has 2 atom stereocenters. The topological polar surface area (TPSA) is 61.4 Å². The minimum absolute atomic E-state index is 0.0920. The van der Waals surface area contributed by atoms with Crippen molar-refractivity contribution in [2.75, 3.05) is 18.0 Å². The maximum atomic E-state index is 12.8. The van der Waals surface area contributed by atoms with Gasteiger partial charge in [-0.3, -0.25) is 9.59 Å². The molecule has 24 heavy (non-hydrogen) atoms. The number of hydrogen-bond donors (Lipinski definition) is 2. The number of hydrogen-bond acceptors (Lipinski definition) is 3. The number of halogens is 3. The van der Waals surface area contributed by atoms with Crippen molar-refractivity contribution in [1.29, 1.82) is 0 Å². The molecule has 0 radical (unpaired) electrons. The van der Waals surface area contributed by atoms with E-state index >= 15 is 0 Å². The molecule has 8 heteroatoms. The van der Waals surface area contributed by atoms with Gasteiger partial charge in [0.15, 0.2) is 0 Å². The fourth-order valence-electron chi connectivity index (χ4n) is 3.11. The van der Waals surface area contributed by atoms with Crippen molar-refractivity contribution in [2.45, 2.75) is 37.5 Å². The van der Waals surface area contributed by atoms with E-state index in [4.69, 9.17) is 0 Å². The number of anilines is 1. The number of carbonyl (C=O) groups is 2. The van der Waals surface area contributed by atoms with E-state index in [1.165, 1.54) is 17.0 Å². The summed E-state index contributed by atoms with van der Waals surface area (Å²) in [6.45, 7) is 0.969. The van der Waals surface area contributed by atoms with Crippen LogP contribution >= 0.6 is 0 Å². The molecule has 2 saturated heterocycles. The van der Waals surface area contributed by atoms with E-state index in [0.29, 0.717) is 0 Å². The van der Waals surface area contributed by atoms with Gasteiger partial charge in [-0.2, -0.15) is 13.2 Å². The number of benzene rings is 1. The van der Waals surface area contributed by atoms with Gasteiger partial charge >= 0.3 is 6.18 Å². The fourth-order valence-corrected chi connectivity index (χ4v) is 3.11. The van der Waals surface area contributed by atoms with Gasteiger partial charge in [0.1, 0.15) is 0 Å². The molecule has 1 aromatic carbocycles. The van der Waals surface area contributed by atoms with Crippen molar-refractivity contribution >= 4 is 17.5 Å². The molecule has 2 fully saturated rings. The van der Waals surface area contributed by atoms with E-state index in [2.05, 4.69) is 10.6 Å². The number of nitrogens with one attached hydrogen (secondary N) is 2. The Hall–Kier alpha value is -2.09. The Morgan fingerprint density at radius 2 is 2.12 bits per heavy atom. The first-order valence-electron chi connectivity index (χ1n) is 7.86. The van der Waals surface area contributed by atoms with E-state index in [9.17, 15) is 22.8 Å². The molecule has 5 nitrogen and oxygen atoms in total. The molecule has 0 aromatic heterocycles. The molecule has 130 valence electrons. The highest BCUT2D eigenvalue weighted by atomic mass is 19.4. The first kappa shape index (κ1) is 16.8. The van der Waals surface area contributed by atoms with Crippen LogP contribution in [0.25, 0.3) is 0 Å². The van der Waals surface area contributed by atoms with Gasteiger partial charge in [-0.15, -0.1) is 0 Å². The SMILES string of the molecule is O=C(NC1CC(=O)N(c2cccc(C(F)(F)F)c2)C1)C1CCCN1. The molecule has 2 amide bonds. The van der Waals surface area contributed by atoms with Crippen molar-refractivity contribution in [3.8, 4) is 0 Å². The second-order valence-corrected chi connectivity index (χ2v) is 6.11. The zero-order valence-corrected chi connectivity index (χ0v) is 12.9. The first-order chi connectivity index (χ1) is 11.3. The molecular weight excluding hydrogens is 323 g/mol. The predicted octanol–water partition coefficient (Wildman–Crippen LogP) is 1.68. The van der Waals surface area contributed by atoms with Crippen LogP contribution < -0.4 is 15.5 Å². The molecule has 0 saturated carbocycles. The van der Waals surface area contributed by atoms with Crippen molar-refractivity contribution in [3.05, 3.63) is 29.8 Å². The summed E-state index contributed by atoms with van der Waals surface area (Å²) in [6.07, 6.45) is -2.68. The van der Waals surface area contributed by atoms with Crippen LogP contribution in [0.15, 0.2) is 24.3 Å². The third kappa shape index (κ3) is 3.53. The molecule has 0 spiro atoms. The van der Waals surface area contributed by atoms with Crippen LogP contribution in [0.3, 0.4) is 0 Å². The summed E-state index contributed by atoms with van der Waals surface area (Å²) in [5, 5.41) is 5.88. The quantitative estimate of drug-likeness (QED) is 0.879. The summed E-state index contributed by atoms with van der Waals surface area (Å²) < 4.78 is 38.4. The van der Waals surface area contributed by atoms with E-state index in [1.54, 1.807) is 0 Å². The van der Waals surface area contributed by atoms with Gasteiger partial charge in [0.25, 0.3) is 0 Å². The number of nitrogens with zero attached hydrogens (tertiary/aromatic N) is 1. The van der Waals surface area contributed by atoms with Gasteiger partial charge in [0.2, 0.25) is 11.8 Å². The lowest BCUT2D eigenvalue weighted by Crippen LogP contribution is -2.46. The van der Waals surface area contributed by atoms with Crippen LogP contribution in [-0.4, -0.2) is 37.0 Å². The molecule has 2 N–H and O–H groups in total. The normalized spacial score (nSPS) is 24.5. The molecular formula is C16H18F3N3O2. The van der Waals surface area contributed by atoms with Crippen LogP contribution in [0.4, 0.5) is 18.9 Å². The lowest BCUT2D eigenvalue weighted by molar-refractivity contribution is -0.137. The average molecular weight is 341 g/mol. The van der Waals surface area contributed by atoms with Crippen LogP contribution in [0, 0.1) is 0 Å². The highest BCUT2D eigenvalue weighted by Crippen LogP contribution is 2.32. The van der Waals surface area contributed by atoms with E-state index in [-0.39, 0.29) is 42.6 Å². The second kappa shape index (κ2) is 6.43. The summed E-state index contributed by atoms with van der Waals surface area (Å²) in [4.78, 5) is 25.5. The molecule has 0 bridgehead atoms. The largest absolute Gasteiger partial charge is 0.416 e. The highest BCUT2D eigenvalue weighted by Gasteiger charge is 2.35. The Morgan fingerprint density at radius 1 is 1.33 bits per heavy atom. The van der Waals surface area contributed by atoms with Crippen LogP contribution in [0.5, 0.6) is 0 Å². The first-order valence-corrected chi connectivity index (χ1v) is 7.86. The molecule has 0 aliphatic carbocycles. The number of amides is 2. The Balaban J connectivity index is 1.67. The molecule has 2 aliphatic heterocycles. The lowest BCUT2D eigenvalue weighted by Gasteiger charge is -2.19. The number of rotatable bonds is 3. The Bertz CT molecular complexity index is 642. The van der Waals surface area contributed by atoms with Crippen LogP contribution in [-0.2, 0) is 15.8 Å². The van der Waals surface area contributed by atoms with Gasteiger partial charge < -0.3 is 15.5 Å². The summed E-state index contributed by atoms with van der Waals surface area (Å²) in [7, 11) is 0. The van der Waals surface area contributed by atoms with Gasteiger partial charge in [-0.25, -0.2) is 0 Å². The van der Waals surface area contributed by atoms with Crippen molar-refractivity contribution < 1.29 is 22.8 Å². The van der Waals surface area contributed by atoms with Crippen LogP contribution in [0.1, 0.15) is 24.8 Å². The summed E-state index contributed by atoms with van der Waals surface area (Å²) in [5.74, 6) is -0.449. The second-order valence-electron chi connectivity index (χ2n) is 6.11. The molecule has 3 rings (SSSR count). The summed E-state index contributed by atoms with van der Waals surface area (Å²) in [5.41, 5.74) is -0.596. The van der Waals surface area contributed by atoms with Crippen molar-refractivity contribution in [3.63, 3.8) is 0 Å². The van der Waals surface area contributed by atoms with Gasteiger partial charge in [-0.1, -0.05) is 6.07 Å². The maximum absolute atomic E-state index is 12.8. The van der Waals surface area contributed by atoms with Gasteiger partial charge in [0, 0.05) is 18.7 Å². The molecule has 2 heterocycles. The van der Waals surface area contributed by atoms with Gasteiger partial charge in [0.05, 0.1) is 17.6 Å². The zero-order valence-electron chi connectivity index (χ0n) is 12.9. The molecule has 2 aliphatic rings. The van der Waals surface area contributed by atoms with Gasteiger partial charge in [-0.05, 0) is 37.6 Å². The van der Waals surface area contributed by atoms with E-state index < -0.39 is 11.7 Å². The predicted molar refractivity (Wildman–Crippen MR) is 81.4 cm³/mol. The smallest absolute Gasteiger partial charge is 0.350 e. The number of carbonyl (C=O) groups excluding carboxylic acids is 2. The fraction of sp³-hybridized carbons (Fsp3) is 0.500. The molecule has 1 aromatic rings. The minimum Gasteiger partial charge on any atom is -0.350 e. The molecule has 2 unspecified atom stereocenters. The third-order valence-electron chi connectivity index (χ3n) is 4.33. The van der Waals surface area contributed by atoms with E-state index in [1.807, 2.05) is 0 Å². The van der Waals surface area contributed by atoms with Crippen molar-refractivity contribution in [1.82, 2.24) is 10.6 Å². The Labute approximate surface area is 137 Å². The Morgan fingerprint density at radius 3 is 2.79 bits per heavy atom. The highest BCUT2D eigenvalue weighted by molar-refractivity contribution is 5.97. The van der Waals surface area contributed by atoms with Crippen LogP contribution in [0.2, 0.25) is 0 Å². The monoisotopic (exact) mass is 341 g/mol. The zero-order chi connectivity index (χ0) is 17.3. The lowest BCUT2D eigenvalue weighted by atomic mass is 10.2. The maximum Gasteiger partial charge on any atom is 0.416 e. The average Bonchev–Trinajstić information content (AvgIpc) is 3.16. The van der Waals surface area contributed by atoms with Crippen molar-refractivity contribution in [2.24, 2.45) is 0 Å². The standard InChI is InChI=1S/C16H18F3N3O2/c17-16(18,19)10-3-1-4-12(7-10)22-9-11(8-14(22)23)21-15(24)13-5-2-6-20-13/h1,3-4,7,11,13,20H,2,5-6,8-9H2,(H,21,24).